The van der Waals surface area contributed by atoms with E-state index in [1.165, 1.54) is 6.42 Å². The molecule has 19 heavy (non-hydrogen) atoms. The molecule has 4 heteroatoms. The van der Waals surface area contributed by atoms with Crippen molar-refractivity contribution in [2.45, 2.75) is 49.9 Å². The highest BCUT2D eigenvalue weighted by atomic mass is 35.5. The van der Waals surface area contributed by atoms with Crippen LogP contribution in [0, 0.1) is 0 Å². The quantitative estimate of drug-likeness (QED) is 0.661. The molecule has 1 aromatic carbocycles. The summed E-state index contributed by atoms with van der Waals surface area (Å²) in [6, 6.07) is 6.98. The summed E-state index contributed by atoms with van der Waals surface area (Å²) in [6.45, 7) is 0. The van der Waals surface area contributed by atoms with Gasteiger partial charge in [0.1, 0.15) is 5.75 Å². The van der Waals surface area contributed by atoms with Crippen molar-refractivity contribution in [1.82, 2.24) is 5.32 Å². The summed E-state index contributed by atoms with van der Waals surface area (Å²) in [6.07, 6.45) is 5.55. The lowest BCUT2D eigenvalue weighted by Gasteiger charge is -2.21. The number of aromatic hydroxyl groups is 1. The van der Waals surface area contributed by atoms with Gasteiger partial charge in [-0.2, -0.15) is 0 Å². The molecule has 0 saturated heterocycles. The van der Waals surface area contributed by atoms with Gasteiger partial charge < -0.3 is 10.4 Å². The zero-order valence-corrected chi connectivity index (χ0v) is 11.7. The van der Waals surface area contributed by atoms with E-state index in [2.05, 4.69) is 5.32 Å². The molecule has 1 saturated carbocycles. The van der Waals surface area contributed by atoms with Crippen LogP contribution in [0.1, 0.15) is 37.7 Å². The third-order valence-corrected chi connectivity index (χ3v) is 4.14. The van der Waals surface area contributed by atoms with Gasteiger partial charge in [-0.25, -0.2) is 0 Å². The Morgan fingerprint density at radius 3 is 2.79 bits per heavy atom. The minimum Gasteiger partial charge on any atom is -0.508 e. The van der Waals surface area contributed by atoms with E-state index in [1.807, 2.05) is 6.07 Å². The molecule has 0 bridgehead atoms. The summed E-state index contributed by atoms with van der Waals surface area (Å²) in [5.41, 5.74) is 0.653. The predicted octanol–water partition coefficient (Wildman–Crippen LogP) is 2.99. The topological polar surface area (TPSA) is 49.3 Å². The SMILES string of the molecule is O=C(Cc1ccccc1O)NC1CCCCCC1Cl. The average molecular weight is 282 g/mol. The fraction of sp³-hybridized carbons (Fsp3) is 0.533. The molecule has 1 aromatic rings. The smallest absolute Gasteiger partial charge is 0.224 e. The van der Waals surface area contributed by atoms with Gasteiger partial charge in [-0.3, -0.25) is 4.79 Å². The number of alkyl halides is 1. The van der Waals surface area contributed by atoms with Crippen LogP contribution in [0.15, 0.2) is 24.3 Å². The number of carbonyl (C=O) groups is 1. The minimum absolute atomic E-state index is 0.0239. The number of hydrogen-bond donors (Lipinski definition) is 2. The van der Waals surface area contributed by atoms with E-state index in [0.717, 1.165) is 25.7 Å². The van der Waals surface area contributed by atoms with Crippen LogP contribution in [0.5, 0.6) is 5.75 Å². The lowest BCUT2D eigenvalue weighted by atomic mass is 10.1. The maximum atomic E-state index is 12.0. The van der Waals surface area contributed by atoms with Crippen molar-refractivity contribution in [2.75, 3.05) is 0 Å². The van der Waals surface area contributed by atoms with Gasteiger partial charge in [0.2, 0.25) is 5.91 Å². The largest absolute Gasteiger partial charge is 0.508 e. The second-order valence-corrected chi connectivity index (χ2v) is 5.69. The van der Waals surface area contributed by atoms with Crippen LogP contribution in [0.4, 0.5) is 0 Å². The van der Waals surface area contributed by atoms with Crippen LogP contribution >= 0.6 is 11.6 Å². The molecule has 2 N–H and O–H groups in total. The van der Waals surface area contributed by atoms with Gasteiger partial charge in [-0.05, 0) is 18.9 Å². The maximum absolute atomic E-state index is 12.0. The molecule has 104 valence electrons. The van der Waals surface area contributed by atoms with E-state index in [0.29, 0.717) is 5.56 Å². The molecular formula is C15H20ClNO2. The van der Waals surface area contributed by atoms with Crippen LogP contribution in [0.3, 0.4) is 0 Å². The number of carbonyl (C=O) groups excluding carboxylic acids is 1. The van der Waals surface area contributed by atoms with Crippen molar-refractivity contribution in [3.8, 4) is 5.75 Å². The fourth-order valence-corrected chi connectivity index (χ4v) is 2.86. The Morgan fingerprint density at radius 2 is 2.00 bits per heavy atom. The molecule has 1 amide bonds. The van der Waals surface area contributed by atoms with Gasteiger partial charge in [0.25, 0.3) is 0 Å². The Kier molecular flexibility index (Phi) is 5.08. The van der Waals surface area contributed by atoms with E-state index >= 15 is 0 Å². The molecule has 2 unspecified atom stereocenters. The van der Waals surface area contributed by atoms with Crippen LogP contribution < -0.4 is 5.32 Å². The number of rotatable bonds is 3. The molecule has 2 rings (SSSR count). The summed E-state index contributed by atoms with van der Waals surface area (Å²) in [4.78, 5) is 12.0. The minimum atomic E-state index is -0.0703. The molecule has 0 aliphatic heterocycles. The highest BCUT2D eigenvalue weighted by Gasteiger charge is 2.23. The van der Waals surface area contributed by atoms with Crippen molar-refractivity contribution in [3.05, 3.63) is 29.8 Å². The average Bonchev–Trinajstić information content (AvgIpc) is 2.58. The predicted molar refractivity (Wildman–Crippen MR) is 76.5 cm³/mol. The molecule has 0 radical (unpaired) electrons. The summed E-state index contributed by atoms with van der Waals surface area (Å²) < 4.78 is 0. The molecule has 1 fully saturated rings. The zero-order chi connectivity index (χ0) is 13.7. The second-order valence-electron chi connectivity index (χ2n) is 5.13. The first kappa shape index (κ1) is 14.2. The van der Waals surface area contributed by atoms with E-state index in [9.17, 15) is 9.90 Å². The monoisotopic (exact) mass is 281 g/mol. The molecule has 3 nitrogen and oxygen atoms in total. The van der Waals surface area contributed by atoms with Gasteiger partial charge in [0.15, 0.2) is 0 Å². The normalized spacial score (nSPS) is 23.6. The number of phenols is 1. The van der Waals surface area contributed by atoms with Gasteiger partial charge >= 0.3 is 0 Å². The Morgan fingerprint density at radius 1 is 1.26 bits per heavy atom. The van der Waals surface area contributed by atoms with E-state index in [-0.39, 0.29) is 29.5 Å². The maximum Gasteiger partial charge on any atom is 0.224 e. The third-order valence-electron chi connectivity index (χ3n) is 3.62. The zero-order valence-electron chi connectivity index (χ0n) is 10.9. The van der Waals surface area contributed by atoms with Crippen LogP contribution in [0.25, 0.3) is 0 Å². The van der Waals surface area contributed by atoms with Gasteiger partial charge in [-0.15, -0.1) is 11.6 Å². The van der Waals surface area contributed by atoms with E-state index in [1.54, 1.807) is 18.2 Å². The van der Waals surface area contributed by atoms with Crippen LogP contribution in [-0.2, 0) is 11.2 Å². The second kappa shape index (κ2) is 6.80. The number of benzene rings is 1. The summed E-state index contributed by atoms with van der Waals surface area (Å²) in [5.74, 6) is 0.0972. The van der Waals surface area contributed by atoms with Crippen molar-refractivity contribution in [2.24, 2.45) is 0 Å². The van der Waals surface area contributed by atoms with Gasteiger partial charge in [-0.1, -0.05) is 37.5 Å². The molecule has 1 aliphatic carbocycles. The Labute approximate surface area is 119 Å². The number of amides is 1. The number of phenolic OH excluding ortho intramolecular Hbond substituents is 1. The molecule has 0 heterocycles. The first-order chi connectivity index (χ1) is 9.16. The lowest BCUT2D eigenvalue weighted by molar-refractivity contribution is -0.121. The number of hydrogen-bond acceptors (Lipinski definition) is 2. The van der Waals surface area contributed by atoms with Gasteiger partial charge in [0, 0.05) is 11.6 Å². The molecule has 0 aromatic heterocycles. The van der Waals surface area contributed by atoms with Crippen LogP contribution in [0.2, 0.25) is 0 Å². The Bertz CT molecular complexity index is 436. The first-order valence-electron chi connectivity index (χ1n) is 6.87. The molecular weight excluding hydrogens is 262 g/mol. The fourth-order valence-electron chi connectivity index (χ4n) is 2.52. The summed E-state index contributed by atoms with van der Waals surface area (Å²) >= 11 is 6.30. The third kappa shape index (κ3) is 4.13. The molecule has 2 atom stereocenters. The molecule has 1 aliphatic rings. The van der Waals surface area contributed by atoms with Crippen molar-refractivity contribution < 1.29 is 9.90 Å². The van der Waals surface area contributed by atoms with Crippen molar-refractivity contribution >= 4 is 17.5 Å². The Hall–Kier alpha value is -1.22. The number of para-hydroxylation sites is 1. The lowest BCUT2D eigenvalue weighted by Crippen LogP contribution is -2.41. The highest BCUT2D eigenvalue weighted by molar-refractivity contribution is 6.21. The summed E-state index contributed by atoms with van der Waals surface area (Å²) in [5, 5.41) is 12.7. The summed E-state index contributed by atoms with van der Waals surface area (Å²) in [7, 11) is 0. The first-order valence-corrected chi connectivity index (χ1v) is 7.31. The number of nitrogens with one attached hydrogen (secondary N) is 1. The van der Waals surface area contributed by atoms with E-state index < -0.39 is 0 Å². The highest BCUT2D eigenvalue weighted by Crippen LogP contribution is 2.23. The van der Waals surface area contributed by atoms with E-state index in [4.69, 9.17) is 11.6 Å². The Balaban J connectivity index is 1.92. The van der Waals surface area contributed by atoms with Gasteiger partial charge in [0.05, 0.1) is 11.8 Å². The van der Waals surface area contributed by atoms with Crippen molar-refractivity contribution in [3.63, 3.8) is 0 Å². The number of halogens is 1. The standard InChI is InChI=1S/C15H20ClNO2/c16-12-7-2-1-3-8-13(12)17-15(19)10-11-6-4-5-9-14(11)18/h4-6,9,12-13,18H,1-3,7-8,10H2,(H,17,19). The molecule has 0 spiro atoms. The van der Waals surface area contributed by atoms with Crippen molar-refractivity contribution in [1.29, 1.82) is 0 Å². The van der Waals surface area contributed by atoms with Crippen LogP contribution in [-0.4, -0.2) is 22.4 Å².